The number of amides is 2. The van der Waals surface area contributed by atoms with Crippen LogP contribution in [0.4, 0.5) is 5.69 Å². The second kappa shape index (κ2) is 7.74. The Hall–Kier alpha value is -2.31. The lowest BCUT2D eigenvalue weighted by atomic mass is 10.1. The Balaban J connectivity index is 1.36. The number of rotatable bonds is 4. The van der Waals surface area contributed by atoms with E-state index in [1.54, 1.807) is 6.07 Å². The van der Waals surface area contributed by atoms with Gasteiger partial charge in [0.1, 0.15) is 0 Å². The molecule has 0 bridgehead atoms. The summed E-state index contributed by atoms with van der Waals surface area (Å²) in [5.41, 5.74) is 2.61. The minimum absolute atomic E-state index is 0.0163. The Morgan fingerprint density at radius 1 is 1.26 bits per heavy atom. The number of thioether (sulfide) groups is 1. The molecule has 0 aliphatic carbocycles. The third-order valence-corrected chi connectivity index (χ3v) is 6.21. The molecule has 0 saturated carbocycles. The minimum atomic E-state index is -0.105. The van der Waals surface area contributed by atoms with Crippen LogP contribution in [-0.2, 0) is 11.3 Å². The molecular weight excluding hydrogens is 358 g/mol. The van der Waals surface area contributed by atoms with Crippen molar-refractivity contribution in [3.8, 4) is 0 Å². The fourth-order valence-corrected chi connectivity index (χ4v) is 4.48. The molecule has 2 aliphatic rings. The Morgan fingerprint density at radius 2 is 2.07 bits per heavy atom. The van der Waals surface area contributed by atoms with E-state index in [1.807, 2.05) is 25.1 Å². The smallest absolute Gasteiger partial charge is 0.251 e. The molecule has 0 radical (unpaired) electrons. The second-order valence-corrected chi connectivity index (χ2v) is 8.52. The average molecular weight is 382 g/mol. The number of nitrogens with zero attached hydrogens (tertiary/aromatic N) is 1. The highest BCUT2D eigenvalue weighted by Crippen LogP contribution is 2.35. The molecule has 2 aliphatic heterocycles. The summed E-state index contributed by atoms with van der Waals surface area (Å²) in [6, 6.07) is 16.1. The van der Waals surface area contributed by atoms with Crippen LogP contribution in [0.2, 0.25) is 0 Å². The van der Waals surface area contributed by atoms with Gasteiger partial charge in [-0.3, -0.25) is 14.5 Å². The summed E-state index contributed by atoms with van der Waals surface area (Å²) < 4.78 is 0. The van der Waals surface area contributed by atoms with Crippen LogP contribution in [0, 0.1) is 0 Å². The number of carbonyl (C=O) groups is 2. The van der Waals surface area contributed by atoms with E-state index >= 15 is 0 Å². The Bertz CT molecular complexity index is 856. The van der Waals surface area contributed by atoms with Gasteiger partial charge in [-0.25, -0.2) is 0 Å². The normalized spacial score (nSPS) is 22.2. The monoisotopic (exact) mass is 381 g/mol. The summed E-state index contributed by atoms with van der Waals surface area (Å²) in [6.07, 6.45) is 0.952. The first-order chi connectivity index (χ1) is 13.1. The van der Waals surface area contributed by atoms with Gasteiger partial charge in [-0.05, 0) is 37.1 Å². The van der Waals surface area contributed by atoms with Gasteiger partial charge in [0.05, 0.1) is 10.9 Å². The summed E-state index contributed by atoms with van der Waals surface area (Å²) in [5, 5.41) is 5.92. The summed E-state index contributed by atoms with van der Waals surface area (Å²) in [7, 11) is 0. The van der Waals surface area contributed by atoms with E-state index < -0.39 is 0 Å². The molecule has 27 heavy (non-hydrogen) atoms. The topological polar surface area (TPSA) is 61.4 Å². The van der Waals surface area contributed by atoms with Crippen LogP contribution < -0.4 is 10.6 Å². The molecule has 1 saturated heterocycles. The third kappa shape index (κ3) is 4.17. The summed E-state index contributed by atoms with van der Waals surface area (Å²) in [6.45, 7) is 4.63. The quantitative estimate of drug-likeness (QED) is 0.854. The zero-order valence-electron chi connectivity index (χ0n) is 15.3. The number of fused-ring (bicyclic) bond motifs is 1. The largest absolute Gasteiger partial charge is 0.348 e. The maximum atomic E-state index is 12.6. The lowest BCUT2D eigenvalue weighted by Crippen LogP contribution is -2.37. The molecule has 2 aromatic carbocycles. The van der Waals surface area contributed by atoms with E-state index in [0.717, 1.165) is 36.6 Å². The fourth-order valence-electron chi connectivity index (χ4n) is 3.55. The van der Waals surface area contributed by atoms with Gasteiger partial charge >= 0.3 is 0 Å². The molecule has 0 unspecified atom stereocenters. The standard InChI is InChI=1S/C21H23N3O2S/c1-14-20(25)23-18-11-16(7-8-19(18)27-14)21(26)22-17-9-10-24(13-17)12-15-5-3-2-4-6-15/h2-8,11,14,17H,9-10,12-13H2,1H3,(H,22,26)(H,23,25)/t14-,17+/m0/s1. The number of likely N-dealkylation sites (tertiary alicyclic amines) is 1. The highest BCUT2D eigenvalue weighted by molar-refractivity contribution is 8.00. The fraction of sp³-hybridized carbons (Fsp3) is 0.333. The number of hydrogen-bond donors (Lipinski definition) is 2. The van der Waals surface area contributed by atoms with Crippen LogP contribution >= 0.6 is 11.8 Å². The third-order valence-electron chi connectivity index (χ3n) is 5.03. The number of nitrogens with one attached hydrogen (secondary N) is 2. The second-order valence-electron chi connectivity index (χ2n) is 7.14. The maximum absolute atomic E-state index is 12.6. The number of hydrogen-bond acceptors (Lipinski definition) is 4. The van der Waals surface area contributed by atoms with E-state index in [2.05, 4.69) is 39.8 Å². The zero-order valence-corrected chi connectivity index (χ0v) is 16.1. The number of carbonyl (C=O) groups excluding carboxylic acids is 2. The van der Waals surface area contributed by atoms with Crippen molar-refractivity contribution >= 4 is 29.3 Å². The van der Waals surface area contributed by atoms with Crippen molar-refractivity contribution < 1.29 is 9.59 Å². The summed E-state index contributed by atoms with van der Waals surface area (Å²) >= 11 is 1.52. The van der Waals surface area contributed by atoms with Crippen molar-refractivity contribution in [3.05, 3.63) is 59.7 Å². The van der Waals surface area contributed by atoms with Crippen LogP contribution in [0.3, 0.4) is 0 Å². The predicted octanol–water partition coefficient (Wildman–Crippen LogP) is 3.12. The van der Waals surface area contributed by atoms with E-state index in [9.17, 15) is 9.59 Å². The Morgan fingerprint density at radius 3 is 2.89 bits per heavy atom. The number of anilines is 1. The van der Waals surface area contributed by atoms with Gasteiger partial charge < -0.3 is 10.6 Å². The summed E-state index contributed by atoms with van der Waals surface area (Å²) in [5.74, 6) is -0.0976. The average Bonchev–Trinajstić information content (AvgIpc) is 3.10. The van der Waals surface area contributed by atoms with Gasteiger partial charge in [-0.15, -0.1) is 11.8 Å². The first kappa shape index (κ1) is 18.1. The van der Waals surface area contributed by atoms with Gasteiger partial charge in [-0.1, -0.05) is 30.3 Å². The summed E-state index contributed by atoms with van der Waals surface area (Å²) in [4.78, 5) is 27.9. The van der Waals surface area contributed by atoms with Gasteiger partial charge in [0.15, 0.2) is 0 Å². The maximum Gasteiger partial charge on any atom is 0.251 e. The van der Waals surface area contributed by atoms with Crippen LogP contribution in [-0.4, -0.2) is 41.1 Å². The first-order valence-electron chi connectivity index (χ1n) is 9.27. The van der Waals surface area contributed by atoms with Crippen molar-refractivity contribution in [2.45, 2.75) is 36.1 Å². The van der Waals surface area contributed by atoms with Crippen molar-refractivity contribution in [3.63, 3.8) is 0 Å². The molecule has 5 nitrogen and oxygen atoms in total. The van der Waals surface area contributed by atoms with Crippen LogP contribution in [0.1, 0.15) is 29.3 Å². The zero-order chi connectivity index (χ0) is 18.8. The highest BCUT2D eigenvalue weighted by Gasteiger charge is 2.26. The molecule has 2 amide bonds. The molecule has 1 fully saturated rings. The first-order valence-corrected chi connectivity index (χ1v) is 10.1. The van der Waals surface area contributed by atoms with Crippen LogP contribution in [0.5, 0.6) is 0 Å². The SMILES string of the molecule is C[C@@H]1Sc2ccc(C(=O)N[C@@H]3CCN(Cc4ccccc4)C3)cc2NC1=O. The molecular formula is C21H23N3O2S. The highest BCUT2D eigenvalue weighted by atomic mass is 32.2. The molecule has 2 aromatic rings. The number of benzene rings is 2. The van der Waals surface area contributed by atoms with E-state index in [4.69, 9.17) is 0 Å². The molecule has 2 atom stereocenters. The van der Waals surface area contributed by atoms with Crippen molar-refractivity contribution in [2.75, 3.05) is 18.4 Å². The van der Waals surface area contributed by atoms with Gasteiger partial charge in [0.2, 0.25) is 5.91 Å². The molecule has 2 N–H and O–H groups in total. The van der Waals surface area contributed by atoms with Crippen LogP contribution in [0.25, 0.3) is 0 Å². The molecule has 0 aromatic heterocycles. The lowest BCUT2D eigenvalue weighted by molar-refractivity contribution is -0.115. The van der Waals surface area contributed by atoms with E-state index in [0.29, 0.717) is 5.56 Å². The van der Waals surface area contributed by atoms with Crippen molar-refractivity contribution in [1.29, 1.82) is 0 Å². The van der Waals surface area contributed by atoms with Gasteiger partial charge in [0.25, 0.3) is 5.91 Å². The molecule has 4 rings (SSSR count). The van der Waals surface area contributed by atoms with Crippen molar-refractivity contribution in [1.82, 2.24) is 10.2 Å². The van der Waals surface area contributed by atoms with Gasteiger partial charge in [0, 0.05) is 36.1 Å². The molecule has 0 spiro atoms. The van der Waals surface area contributed by atoms with Crippen molar-refractivity contribution in [2.24, 2.45) is 0 Å². The predicted molar refractivity (Wildman–Crippen MR) is 108 cm³/mol. The molecule has 2 heterocycles. The lowest BCUT2D eigenvalue weighted by Gasteiger charge is -2.22. The van der Waals surface area contributed by atoms with Crippen LogP contribution in [0.15, 0.2) is 53.4 Å². The van der Waals surface area contributed by atoms with E-state index in [1.165, 1.54) is 17.3 Å². The Kier molecular flexibility index (Phi) is 5.18. The minimum Gasteiger partial charge on any atom is -0.348 e. The molecule has 6 heteroatoms. The Labute approximate surface area is 163 Å². The van der Waals surface area contributed by atoms with E-state index in [-0.39, 0.29) is 23.1 Å². The van der Waals surface area contributed by atoms with Gasteiger partial charge in [-0.2, -0.15) is 0 Å². The molecule has 140 valence electrons.